The van der Waals surface area contributed by atoms with Crippen LogP contribution < -0.4 is 0 Å². The third kappa shape index (κ3) is 2.99. The van der Waals surface area contributed by atoms with Crippen molar-refractivity contribution < 1.29 is 8.42 Å². The van der Waals surface area contributed by atoms with E-state index in [4.69, 9.17) is 0 Å². The van der Waals surface area contributed by atoms with Crippen molar-refractivity contribution in [2.24, 2.45) is 0 Å². The van der Waals surface area contributed by atoms with Crippen molar-refractivity contribution in [1.82, 2.24) is 0 Å². The van der Waals surface area contributed by atoms with E-state index in [9.17, 15) is 8.42 Å². The number of hydrogen-bond donors (Lipinski definition) is 0. The first-order chi connectivity index (χ1) is 8.47. The summed E-state index contributed by atoms with van der Waals surface area (Å²) in [5.74, 6) is 0.0533. The van der Waals surface area contributed by atoms with Gasteiger partial charge in [-0.05, 0) is 31.5 Å². The number of hydrogen-bond acceptors (Lipinski definition) is 2. The molecule has 3 heteroatoms. The molecule has 0 aliphatic rings. The normalized spacial score (nSPS) is 11.4. The average molecular weight is 260 g/mol. The summed E-state index contributed by atoms with van der Waals surface area (Å²) < 4.78 is 24.4. The third-order valence-corrected chi connectivity index (χ3v) is 4.52. The minimum absolute atomic E-state index is 0.0533. The van der Waals surface area contributed by atoms with Crippen LogP contribution in [0.4, 0.5) is 0 Å². The van der Waals surface area contributed by atoms with Gasteiger partial charge >= 0.3 is 0 Å². The molecular formula is C15H16O2S. The lowest BCUT2D eigenvalue weighted by Gasteiger charge is -2.06. The van der Waals surface area contributed by atoms with E-state index in [2.05, 4.69) is 0 Å². The van der Waals surface area contributed by atoms with E-state index in [0.717, 1.165) is 16.7 Å². The summed E-state index contributed by atoms with van der Waals surface area (Å²) in [4.78, 5) is 0.384. The van der Waals surface area contributed by atoms with Crippen LogP contribution >= 0.6 is 0 Å². The molecule has 0 aliphatic heterocycles. The van der Waals surface area contributed by atoms with Gasteiger partial charge in [-0.3, -0.25) is 0 Å². The van der Waals surface area contributed by atoms with Gasteiger partial charge < -0.3 is 0 Å². The maximum Gasteiger partial charge on any atom is 0.182 e. The van der Waals surface area contributed by atoms with Crippen molar-refractivity contribution >= 4 is 9.84 Å². The average Bonchev–Trinajstić information content (AvgIpc) is 2.29. The Labute approximate surface area is 108 Å². The standard InChI is InChI=1S/C15H16O2S/c1-12-6-8-15(9-7-12)18(16,17)11-14-5-3-4-13(2)10-14/h3-10H,11H2,1-2H3. The zero-order chi connectivity index (χ0) is 13.2. The number of benzene rings is 2. The SMILES string of the molecule is Cc1ccc(S(=O)(=O)Cc2cccc(C)c2)cc1. The van der Waals surface area contributed by atoms with E-state index < -0.39 is 9.84 Å². The molecule has 2 aromatic carbocycles. The van der Waals surface area contributed by atoms with Crippen LogP contribution in [0.2, 0.25) is 0 Å². The molecular weight excluding hydrogens is 244 g/mol. The van der Waals surface area contributed by atoms with Crippen molar-refractivity contribution in [2.75, 3.05) is 0 Å². The summed E-state index contributed by atoms with van der Waals surface area (Å²) in [5.41, 5.74) is 2.96. The second kappa shape index (κ2) is 4.94. The second-order valence-electron chi connectivity index (χ2n) is 4.56. The quantitative estimate of drug-likeness (QED) is 0.848. The van der Waals surface area contributed by atoms with Crippen molar-refractivity contribution in [3.8, 4) is 0 Å². The van der Waals surface area contributed by atoms with Crippen molar-refractivity contribution in [1.29, 1.82) is 0 Å². The zero-order valence-electron chi connectivity index (χ0n) is 10.6. The predicted octanol–water partition coefficient (Wildman–Crippen LogP) is 3.28. The van der Waals surface area contributed by atoms with Gasteiger partial charge in [-0.2, -0.15) is 0 Å². The Morgan fingerprint density at radius 1 is 0.889 bits per heavy atom. The summed E-state index contributed by atoms with van der Waals surface area (Å²) >= 11 is 0. The van der Waals surface area contributed by atoms with Crippen LogP contribution in [0.1, 0.15) is 16.7 Å². The molecule has 2 aromatic rings. The molecule has 0 spiro atoms. The Kier molecular flexibility index (Phi) is 3.53. The van der Waals surface area contributed by atoms with Crippen LogP contribution in [0.25, 0.3) is 0 Å². The monoisotopic (exact) mass is 260 g/mol. The van der Waals surface area contributed by atoms with Crippen molar-refractivity contribution in [3.63, 3.8) is 0 Å². The van der Waals surface area contributed by atoms with Crippen LogP contribution in [0.3, 0.4) is 0 Å². The lowest BCUT2D eigenvalue weighted by atomic mass is 10.2. The van der Waals surface area contributed by atoms with Gasteiger partial charge in [0.05, 0.1) is 10.6 Å². The van der Waals surface area contributed by atoms with Gasteiger partial charge in [-0.15, -0.1) is 0 Å². The lowest BCUT2D eigenvalue weighted by molar-refractivity contribution is 0.595. The molecule has 0 aliphatic carbocycles. The first-order valence-corrected chi connectivity index (χ1v) is 7.47. The molecule has 0 aromatic heterocycles. The Morgan fingerprint density at radius 2 is 1.56 bits per heavy atom. The molecule has 0 N–H and O–H groups in total. The first kappa shape index (κ1) is 12.8. The van der Waals surface area contributed by atoms with Gasteiger partial charge in [0.25, 0.3) is 0 Å². The van der Waals surface area contributed by atoms with Crippen LogP contribution in [-0.2, 0) is 15.6 Å². The third-order valence-electron chi connectivity index (χ3n) is 2.82. The molecule has 0 fully saturated rings. The number of aryl methyl sites for hydroxylation is 2. The fourth-order valence-corrected chi connectivity index (χ4v) is 3.19. The van der Waals surface area contributed by atoms with Gasteiger partial charge in [0, 0.05) is 0 Å². The maximum absolute atomic E-state index is 12.2. The fraction of sp³-hybridized carbons (Fsp3) is 0.200. The summed E-state index contributed by atoms with van der Waals surface area (Å²) in [6.07, 6.45) is 0. The molecule has 94 valence electrons. The van der Waals surface area contributed by atoms with Gasteiger partial charge in [0.2, 0.25) is 0 Å². The topological polar surface area (TPSA) is 34.1 Å². The summed E-state index contributed by atoms with van der Waals surface area (Å²) in [6, 6.07) is 14.6. The number of sulfone groups is 1. The molecule has 0 atom stereocenters. The molecule has 0 unspecified atom stereocenters. The Balaban J connectivity index is 2.30. The highest BCUT2D eigenvalue weighted by Gasteiger charge is 2.14. The van der Waals surface area contributed by atoms with Gasteiger partial charge in [0.1, 0.15) is 0 Å². The van der Waals surface area contributed by atoms with Gasteiger partial charge in [-0.25, -0.2) is 8.42 Å². The number of rotatable bonds is 3. The molecule has 2 rings (SSSR count). The van der Waals surface area contributed by atoms with Crippen LogP contribution in [0, 0.1) is 13.8 Å². The van der Waals surface area contributed by atoms with Crippen molar-refractivity contribution in [2.45, 2.75) is 24.5 Å². The fourth-order valence-electron chi connectivity index (χ4n) is 1.85. The molecule has 0 bridgehead atoms. The van der Waals surface area contributed by atoms with Crippen LogP contribution in [0.5, 0.6) is 0 Å². The Morgan fingerprint density at radius 3 is 2.17 bits per heavy atom. The highest BCUT2D eigenvalue weighted by atomic mass is 32.2. The molecule has 18 heavy (non-hydrogen) atoms. The van der Waals surface area contributed by atoms with Crippen molar-refractivity contribution in [3.05, 3.63) is 65.2 Å². The molecule has 0 amide bonds. The molecule has 0 saturated carbocycles. The molecule has 2 nitrogen and oxygen atoms in total. The summed E-state index contributed by atoms with van der Waals surface area (Å²) in [6.45, 7) is 3.90. The zero-order valence-corrected chi connectivity index (χ0v) is 11.4. The maximum atomic E-state index is 12.2. The minimum atomic E-state index is -3.25. The molecule has 0 radical (unpaired) electrons. The minimum Gasteiger partial charge on any atom is -0.223 e. The highest BCUT2D eigenvalue weighted by molar-refractivity contribution is 7.90. The Bertz CT molecular complexity index is 640. The highest BCUT2D eigenvalue weighted by Crippen LogP contribution is 2.17. The predicted molar refractivity (Wildman–Crippen MR) is 73.2 cm³/mol. The van der Waals surface area contributed by atoms with Crippen LogP contribution in [0.15, 0.2) is 53.4 Å². The van der Waals surface area contributed by atoms with Gasteiger partial charge in [0.15, 0.2) is 9.84 Å². The van der Waals surface area contributed by atoms with E-state index in [1.54, 1.807) is 12.1 Å². The molecule has 0 saturated heterocycles. The van der Waals surface area contributed by atoms with E-state index in [-0.39, 0.29) is 5.75 Å². The first-order valence-electron chi connectivity index (χ1n) is 5.82. The van der Waals surface area contributed by atoms with E-state index in [1.807, 2.05) is 50.2 Å². The molecule has 0 heterocycles. The van der Waals surface area contributed by atoms with E-state index in [0.29, 0.717) is 4.90 Å². The van der Waals surface area contributed by atoms with E-state index >= 15 is 0 Å². The smallest absolute Gasteiger partial charge is 0.182 e. The lowest BCUT2D eigenvalue weighted by Crippen LogP contribution is -2.05. The van der Waals surface area contributed by atoms with E-state index in [1.165, 1.54) is 0 Å². The van der Waals surface area contributed by atoms with Crippen LogP contribution in [-0.4, -0.2) is 8.42 Å². The Hall–Kier alpha value is -1.61. The summed E-state index contributed by atoms with van der Waals surface area (Å²) in [7, 11) is -3.25. The second-order valence-corrected chi connectivity index (χ2v) is 6.55. The largest absolute Gasteiger partial charge is 0.223 e. The summed E-state index contributed by atoms with van der Waals surface area (Å²) in [5, 5.41) is 0. The van der Waals surface area contributed by atoms with Gasteiger partial charge in [-0.1, -0.05) is 47.5 Å².